The molecule has 0 amide bonds. The molecule has 1 rings (SSSR count). The summed E-state index contributed by atoms with van der Waals surface area (Å²) in [6.07, 6.45) is 11.9. The molecule has 0 aromatic carbocycles. The van der Waals surface area contributed by atoms with Crippen molar-refractivity contribution in [2.24, 2.45) is 0 Å². The summed E-state index contributed by atoms with van der Waals surface area (Å²) in [6, 6.07) is 0. The van der Waals surface area contributed by atoms with Crippen molar-refractivity contribution in [1.29, 1.82) is 0 Å². The Kier molecular flexibility index (Phi) is 21.1. The standard InChI is InChI=1S/C11H15.C4H8N.W.Y/c1-5-9-11(8-4)10(6-2)7-3;1-5-3-2-4-5;;/h5-6,9H,2-3,7H2,1,4H3;2H,3-4H2,1H3;;/q-3;-1;+2;/b9-5-,10-6+;;;. The van der Waals surface area contributed by atoms with Crippen LogP contribution in [0.1, 0.15) is 20.3 Å². The van der Waals surface area contributed by atoms with E-state index in [-0.39, 0.29) is 53.8 Å². The Hall–Kier alpha value is 0.842. The minimum Gasteiger partial charge on any atom is -0.365 e. The average Bonchev–Trinajstić information content (AvgIpc) is 2.27. The number of rotatable bonds is 3. The quantitative estimate of drug-likeness (QED) is 0.433. The van der Waals surface area contributed by atoms with Crippen molar-refractivity contribution < 1.29 is 53.8 Å². The fraction of sp³-hybridized carbons (Fsp3) is 0.400. The normalized spacial score (nSPS) is 16.0. The Morgan fingerprint density at radius 2 is 1.94 bits per heavy atom. The third kappa shape index (κ3) is 10.7. The fourth-order valence-corrected chi connectivity index (χ4v) is 1.25. The zero-order valence-corrected chi connectivity index (χ0v) is 17.5. The van der Waals surface area contributed by atoms with Gasteiger partial charge in [0.2, 0.25) is 0 Å². The van der Waals surface area contributed by atoms with Crippen LogP contribution in [-0.2, 0) is 53.8 Å². The molecule has 1 fully saturated rings. The van der Waals surface area contributed by atoms with Gasteiger partial charge in [-0.2, -0.15) is 17.2 Å². The third-order valence-electron chi connectivity index (χ3n) is 2.35. The molecule has 18 heavy (non-hydrogen) atoms. The van der Waals surface area contributed by atoms with Crippen LogP contribution in [-0.4, -0.2) is 25.0 Å². The predicted octanol–water partition coefficient (Wildman–Crippen LogP) is 3.43. The molecule has 1 nitrogen and oxygen atoms in total. The monoisotopic (exact) mass is 490 g/mol. The van der Waals surface area contributed by atoms with Crippen molar-refractivity contribution in [2.75, 3.05) is 20.1 Å². The summed E-state index contributed by atoms with van der Waals surface area (Å²) in [4.78, 5) is 2.25. The van der Waals surface area contributed by atoms with Crippen LogP contribution in [0.15, 0.2) is 29.4 Å². The third-order valence-corrected chi connectivity index (χ3v) is 2.35. The van der Waals surface area contributed by atoms with Gasteiger partial charge in [-0.1, -0.05) is 13.8 Å². The molecule has 1 aliphatic rings. The number of likely N-dealkylation sites (tertiary alicyclic amines) is 1. The summed E-state index contributed by atoms with van der Waals surface area (Å²) in [5, 5.41) is 0. The van der Waals surface area contributed by atoms with Gasteiger partial charge in [0, 0.05) is 32.7 Å². The smallest absolute Gasteiger partial charge is 0.365 e. The maximum Gasteiger partial charge on any atom is 2.00 e. The van der Waals surface area contributed by atoms with E-state index in [0.29, 0.717) is 0 Å². The van der Waals surface area contributed by atoms with E-state index >= 15 is 0 Å². The van der Waals surface area contributed by atoms with Crippen LogP contribution in [0.25, 0.3) is 0 Å². The molecule has 0 atom stereocenters. The number of nitrogens with zero attached hydrogens (tertiary/aromatic N) is 1. The molecule has 1 saturated heterocycles. The van der Waals surface area contributed by atoms with Gasteiger partial charge in [-0.3, -0.25) is 0 Å². The van der Waals surface area contributed by atoms with Crippen molar-refractivity contribution in [3.8, 4) is 0 Å². The van der Waals surface area contributed by atoms with Gasteiger partial charge in [0.15, 0.2) is 0 Å². The Morgan fingerprint density at radius 1 is 1.44 bits per heavy atom. The molecular formula is C15H23NWY-2. The molecule has 1 aliphatic heterocycles. The van der Waals surface area contributed by atoms with Crippen molar-refractivity contribution in [3.05, 3.63) is 55.7 Å². The minimum atomic E-state index is 0. The van der Waals surface area contributed by atoms with Gasteiger partial charge >= 0.3 is 21.1 Å². The summed E-state index contributed by atoms with van der Waals surface area (Å²) in [5.41, 5.74) is 2.24. The van der Waals surface area contributed by atoms with E-state index in [0.717, 1.165) is 17.6 Å². The Labute approximate surface area is 153 Å². The second kappa shape index (κ2) is 15.9. The average molecular weight is 490 g/mol. The first-order valence-electron chi connectivity index (χ1n) is 5.65. The predicted molar refractivity (Wildman–Crippen MR) is 72.5 cm³/mol. The molecule has 0 aliphatic carbocycles. The molecular weight excluding hydrogens is 467 g/mol. The summed E-state index contributed by atoms with van der Waals surface area (Å²) in [6.45, 7) is 13.8. The van der Waals surface area contributed by atoms with Gasteiger partial charge in [-0.05, 0) is 7.05 Å². The van der Waals surface area contributed by atoms with Crippen molar-refractivity contribution in [1.82, 2.24) is 4.90 Å². The summed E-state index contributed by atoms with van der Waals surface area (Å²) in [7, 11) is 2.11. The van der Waals surface area contributed by atoms with E-state index in [2.05, 4.69) is 38.3 Å². The van der Waals surface area contributed by atoms with Gasteiger partial charge in [-0.15, -0.1) is 19.2 Å². The second-order valence-corrected chi connectivity index (χ2v) is 3.65. The molecule has 0 spiro atoms. The summed E-state index contributed by atoms with van der Waals surface area (Å²) < 4.78 is 0. The van der Waals surface area contributed by atoms with Crippen LogP contribution in [0.5, 0.6) is 0 Å². The Morgan fingerprint density at radius 3 is 2.11 bits per heavy atom. The Bertz CT molecular complexity index is 266. The van der Waals surface area contributed by atoms with Crippen molar-refractivity contribution in [2.45, 2.75) is 20.3 Å². The molecule has 0 aromatic rings. The zero-order chi connectivity index (χ0) is 12.4. The first kappa shape index (κ1) is 23.9. The van der Waals surface area contributed by atoms with Gasteiger partial charge in [-0.25, -0.2) is 25.5 Å². The van der Waals surface area contributed by atoms with Gasteiger partial charge in [0.05, 0.1) is 0 Å². The van der Waals surface area contributed by atoms with Crippen LogP contribution in [0.2, 0.25) is 0 Å². The van der Waals surface area contributed by atoms with Crippen molar-refractivity contribution >= 4 is 0 Å². The molecule has 0 aromatic heterocycles. The number of allylic oxidation sites excluding steroid dienone is 6. The molecule has 0 bridgehead atoms. The molecule has 3 heteroatoms. The van der Waals surface area contributed by atoms with E-state index in [1.807, 2.05) is 32.1 Å². The van der Waals surface area contributed by atoms with E-state index in [1.54, 1.807) is 0 Å². The maximum atomic E-state index is 3.80. The minimum absolute atomic E-state index is 0. The first-order chi connectivity index (χ1) is 7.69. The van der Waals surface area contributed by atoms with Crippen molar-refractivity contribution in [3.63, 3.8) is 0 Å². The molecule has 0 saturated carbocycles. The second-order valence-electron chi connectivity index (χ2n) is 3.65. The van der Waals surface area contributed by atoms with Crippen LogP contribution >= 0.6 is 0 Å². The van der Waals surface area contributed by atoms with E-state index in [4.69, 9.17) is 0 Å². The SMILES string of the molecule is CN1C[CH-]C1.[CH2-]/C=C(\C[CH2-])C(=[C-]C)/C=C\C.[W+2].[Y]. The van der Waals surface area contributed by atoms with Crippen LogP contribution in [0.3, 0.4) is 0 Å². The van der Waals surface area contributed by atoms with Crippen LogP contribution in [0, 0.1) is 26.3 Å². The zero-order valence-electron chi connectivity index (χ0n) is 11.8. The maximum absolute atomic E-state index is 3.80. The Balaban J connectivity index is -0.000000272. The molecule has 1 heterocycles. The number of hydrogen-bond acceptors (Lipinski definition) is 1. The fourth-order valence-electron chi connectivity index (χ4n) is 1.25. The molecule has 0 unspecified atom stereocenters. The van der Waals surface area contributed by atoms with Crippen LogP contribution in [0.4, 0.5) is 0 Å². The summed E-state index contributed by atoms with van der Waals surface area (Å²) in [5.74, 6) is 0. The first-order valence-corrected chi connectivity index (χ1v) is 5.65. The molecule has 0 N–H and O–H groups in total. The largest absolute Gasteiger partial charge is 2.00 e. The van der Waals surface area contributed by atoms with Gasteiger partial charge in [0.1, 0.15) is 0 Å². The van der Waals surface area contributed by atoms with E-state index in [9.17, 15) is 0 Å². The topological polar surface area (TPSA) is 3.24 Å². The van der Waals surface area contributed by atoms with Gasteiger partial charge in [0.25, 0.3) is 0 Å². The van der Waals surface area contributed by atoms with E-state index < -0.39 is 0 Å². The van der Waals surface area contributed by atoms with E-state index in [1.165, 1.54) is 13.1 Å². The van der Waals surface area contributed by atoms with Crippen LogP contribution < -0.4 is 0 Å². The molecule has 99 valence electrons. The molecule has 1 radical (unpaired) electrons. The summed E-state index contributed by atoms with van der Waals surface area (Å²) >= 11 is 0. The number of hydrogen-bond donors (Lipinski definition) is 0. The van der Waals surface area contributed by atoms with Gasteiger partial charge < -0.3 is 18.2 Å².